The zero-order valence-electron chi connectivity index (χ0n) is 17.4. The molecule has 1 aliphatic rings. The topological polar surface area (TPSA) is 86.7 Å². The van der Waals surface area contributed by atoms with E-state index < -0.39 is 57.1 Å². The Labute approximate surface area is 187 Å². The van der Waals surface area contributed by atoms with Crippen LogP contribution < -0.4 is 9.62 Å². The fourth-order valence-electron chi connectivity index (χ4n) is 3.57. The van der Waals surface area contributed by atoms with Gasteiger partial charge in [0, 0.05) is 25.9 Å². The monoisotopic (exact) mass is 492 g/mol. The predicted octanol–water partition coefficient (Wildman–Crippen LogP) is 5.00. The average molecular weight is 492 g/mol. The van der Waals surface area contributed by atoms with Gasteiger partial charge in [-0.15, -0.1) is 0 Å². The number of carboxylic acid groups (broad SMARTS) is 1. The van der Waals surface area contributed by atoms with Gasteiger partial charge in [0.15, 0.2) is 0 Å². The summed E-state index contributed by atoms with van der Waals surface area (Å²) in [4.78, 5) is 12.3. The van der Waals surface area contributed by atoms with Gasteiger partial charge in [-0.3, -0.25) is 4.72 Å². The molecule has 0 radical (unpaired) electrons. The summed E-state index contributed by atoms with van der Waals surface area (Å²) < 4.78 is 95.4. The smallest absolute Gasteiger partial charge is 0.416 e. The van der Waals surface area contributed by atoms with Crippen molar-refractivity contribution in [2.45, 2.75) is 43.2 Å². The highest BCUT2D eigenvalue weighted by atomic mass is 32.2. The minimum Gasteiger partial charge on any atom is -0.478 e. The largest absolute Gasteiger partial charge is 0.478 e. The molecule has 2 aromatic rings. The van der Waals surface area contributed by atoms with Crippen LogP contribution in [0.2, 0.25) is 0 Å². The second kappa shape index (κ2) is 8.81. The lowest BCUT2D eigenvalue weighted by Crippen LogP contribution is -2.39. The lowest BCUT2D eigenvalue weighted by Gasteiger charge is -2.34. The van der Waals surface area contributed by atoms with Crippen molar-refractivity contribution in [2.75, 3.05) is 22.7 Å². The van der Waals surface area contributed by atoms with Gasteiger partial charge in [-0.1, -0.05) is 13.0 Å². The van der Waals surface area contributed by atoms with Crippen LogP contribution in [-0.2, 0) is 22.6 Å². The summed E-state index contributed by atoms with van der Waals surface area (Å²) in [5, 5.41) is 9.20. The van der Waals surface area contributed by atoms with E-state index in [9.17, 15) is 40.3 Å². The molecule has 33 heavy (non-hydrogen) atoms. The Bertz CT molecular complexity index is 1160. The SMILES string of the molecule is CCc1ccc(C(=O)O)cc1S(=O)(=O)Nc1cc(C(F)(F)F)ccc1N1CCC(F)(F)CC1. The van der Waals surface area contributed by atoms with E-state index in [0.717, 1.165) is 18.2 Å². The Morgan fingerprint density at radius 3 is 2.30 bits per heavy atom. The van der Waals surface area contributed by atoms with Crippen LogP contribution in [0.5, 0.6) is 0 Å². The Kier molecular flexibility index (Phi) is 6.60. The van der Waals surface area contributed by atoms with Crippen molar-refractivity contribution in [1.82, 2.24) is 0 Å². The van der Waals surface area contributed by atoms with Gasteiger partial charge in [-0.05, 0) is 42.3 Å². The molecule has 180 valence electrons. The minimum absolute atomic E-state index is 0.0227. The number of aryl methyl sites for hydroxylation is 1. The number of anilines is 2. The molecule has 0 atom stereocenters. The number of benzene rings is 2. The number of carboxylic acids is 1. The molecule has 0 bridgehead atoms. The number of aromatic carboxylic acids is 1. The third-order valence-corrected chi connectivity index (χ3v) is 6.84. The van der Waals surface area contributed by atoms with Gasteiger partial charge < -0.3 is 10.0 Å². The van der Waals surface area contributed by atoms with Gasteiger partial charge >= 0.3 is 12.1 Å². The number of hydrogen-bond acceptors (Lipinski definition) is 4. The Morgan fingerprint density at radius 1 is 1.12 bits per heavy atom. The molecule has 1 heterocycles. The zero-order valence-corrected chi connectivity index (χ0v) is 18.2. The summed E-state index contributed by atoms with van der Waals surface area (Å²) >= 11 is 0. The molecular formula is C21H21F5N2O4S. The molecule has 1 aliphatic heterocycles. The van der Waals surface area contributed by atoms with Gasteiger partial charge in [0.05, 0.1) is 27.4 Å². The van der Waals surface area contributed by atoms with Crippen molar-refractivity contribution < 1.29 is 40.3 Å². The number of halogens is 5. The van der Waals surface area contributed by atoms with E-state index >= 15 is 0 Å². The number of nitrogens with zero attached hydrogens (tertiary/aromatic N) is 1. The Balaban J connectivity index is 2.07. The molecule has 12 heteroatoms. The highest BCUT2D eigenvalue weighted by Gasteiger charge is 2.36. The number of alkyl halides is 5. The highest BCUT2D eigenvalue weighted by molar-refractivity contribution is 7.92. The summed E-state index contributed by atoms with van der Waals surface area (Å²) in [7, 11) is -4.51. The van der Waals surface area contributed by atoms with Crippen LogP contribution in [0.4, 0.5) is 33.3 Å². The molecule has 0 saturated carbocycles. The first-order valence-electron chi connectivity index (χ1n) is 9.96. The van der Waals surface area contributed by atoms with Crippen molar-refractivity contribution in [3.8, 4) is 0 Å². The first-order chi connectivity index (χ1) is 15.2. The molecule has 2 aromatic carbocycles. The van der Waals surface area contributed by atoms with Gasteiger partial charge in [0.1, 0.15) is 0 Å². The lowest BCUT2D eigenvalue weighted by atomic mass is 10.0. The van der Waals surface area contributed by atoms with Crippen LogP contribution in [0.25, 0.3) is 0 Å². The predicted molar refractivity (Wildman–Crippen MR) is 111 cm³/mol. The summed E-state index contributed by atoms with van der Waals surface area (Å²) in [6.45, 7) is 1.28. The first-order valence-corrected chi connectivity index (χ1v) is 11.4. The Hall–Kier alpha value is -2.89. The molecule has 0 amide bonds. The molecule has 1 saturated heterocycles. The average Bonchev–Trinajstić information content (AvgIpc) is 2.72. The van der Waals surface area contributed by atoms with Crippen molar-refractivity contribution in [3.05, 3.63) is 53.1 Å². The van der Waals surface area contributed by atoms with Gasteiger partial charge in [-0.2, -0.15) is 13.2 Å². The third-order valence-electron chi connectivity index (χ3n) is 5.39. The number of carbonyl (C=O) groups is 1. The van der Waals surface area contributed by atoms with Crippen LogP contribution >= 0.6 is 0 Å². The maximum Gasteiger partial charge on any atom is 0.416 e. The lowest BCUT2D eigenvalue weighted by molar-refractivity contribution is -0.137. The number of piperidine rings is 1. The van der Waals surface area contributed by atoms with E-state index in [4.69, 9.17) is 0 Å². The molecular weight excluding hydrogens is 471 g/mol. The summed E-state index contributed by atoms with van der Waals surface area (Å²) in [5.41, 5.74) is -1.58. The molecule has 6 nitrogen and oxygen atoms in total. The molecule has 1 fully saturated rings. The fraction of sp³-hybridized carbons (Fsp3) is 0.381. The molecule has 0 unspecified atom stereocenters. The summed E-state index contributed by atoms with van der Waals surface area (Å²) in [6, 6.07) is 5.87. The molecule has 2 N–H and O–H groups in total. The standard InChI is InChI=1S/C21H21F5N2O4S/c1-2-13-3-4-14(19(29)30)11-18(13)33(31,32)27-16-12-15(21(24,25)26)5-6-17(16)28-9-7-20(22,23)8-10-28/h3-6,11-12,27H,2,7-10H2,1H3,(H,29,30). The van der Waals surface area contributed by atoms with Crippen LogP contribution in [0, 0.1) is 0 Å². The molecule has 0 aliphatic carbocycles. The van der Waals surface area contributed by atoms with Crippen molar-refractivity contribution in [1.29, 1.82) is 0 Å². The quantitative estimate of drug-likeness (QED) is 0.554. The van der Waals surface area contributed by atoms with Gasteiger partial charge in [0.2, 0.25) is 0 Å². The van der Waals surface area contributed by atoms with E-state index in [1.165, 1.54) is 17.0 Å². The van der Waals surface area contributed by atoms with E-state index in [-0.39, 0.29) is 36.3 Å². The molecule has 0 spiro atoms. The number of hydrogen-bond donors (Lipinski definition) is 2. The maximum atomic E-state index is 13.6. The molecule has 0 aromatic heterocycles. The number of rotatable bonds is 6. The summed E-state index contributed by atoms with van der Waals surface area (Å²) in [6.07, 6.45) is -5.61. The van der Waals surface area contributed by atoms with Gasteiger partial charge in [0.25, 0.3) is 15.9 Å². The zero-order chi connectivity index (χ0) is 24.6. The summed E-state index contributed by atoms with van der Waals surface area (Å²) in [5.74, 6) is -4.28. The van der Waals surface area contributed by atoms with Crippen molar-refractivity contribution in [3.63, 3.8) is 0 Å². The van der Waals surface area contributed by atoms with Crippen molar-refractivity contribution in [2.24, 2.45) is 0 Å². The van der Waals surface area contributed by atoms with Crippen LogP contribution in [0.3, 0.4) is 0 Å². The van der Waals surface area contributed by atoms with Crippen LogP contribution in [0.15, 0.2) is 41.3 Å². The fourth-order valence-corrected chi connectivity index (χ4v) is 4.98. The maximum absolute atomic E-state index is 13.6. The van der Waals surface area contributed by atoms with Crippen LogP contribution in [-0.4, -0.2) is 38.5 Å². The number of sulfonamides is 1. The van der Waals surface area contributed by atoms with Gasteiger partial charge in [-0.25, -0.2) is 22.0 Å². The Morgan fingerprint density at radius 2 is 1.76 bits per heavy atom. The van der Waals surface area contributed by atoms with E-state index in [1.807, 2.05) is 0 Å². The second-order valence-corrected chi connectivity index (χ2v) is 9.31. The highest BCUT2D eigenvalue weighted by Crippen LogP contribution is 2.39. The normalized spacial score (nSPS) is 16.5. The van der Waals surface area contributed by atoms with E-state index in [2.05, 4.69) is 4.72 Å². The first kappa shape index (κ1) is 24.7. The minimum atomic E-state index is -4.77. The van der Waals surface area contributed by atoms with Crippen molar-refractivity contribution >= 4 is 27.4 Å². The molecule has 3 rings (SSSR count). The van der Waals surface area contributed by atoms with Crippen LogP contribution in [0.1, 0.15) is 41.3 Å². The second-order valence-electron chi connectivity index (χ2n) is 7.66. The number of nitrogens with one attached hydrogen (secondary N) is 1. The van der Waals surface area contributed by atoms with E-state index in [0.29, 0.717) is 6.07 Å². The third kappa shape index (κ3) is 5.55. The van der Waals surface area contributed by atoms with E-state index in [1.54, 1.807) is 6.92 Å².